The summed E-state index contributed by atoms with van der Waals surface area (Å²) in [6, 6.07) is 54.8. The van der Waals surface area contributed by atoms with Crippen molar-refractivity contribution in [3.63, 3.8) is 0 Å². The normalized spacial score (nSPS) is 11.3. The van der Waals surface area contributed by atoms with E-state index in [9.17, 15) is 10.5 Å². The summed E-state index contributed by atoms with van der Waals surface area (Å²) in [7, 11) is 0. The van der Waals surface area contributed by atoms with E-state index in [0.29, 0.717) is 11.1 Å². The Labute approximate surface area is 293 Å². The molecule has 0 saturated carbocycles. The van der Waals surface area contributed by atoms with Crippen molar-refractivity contribution in [3.05, 3.63) is 162 Å². The second-order valence-corrected chi connectivity index (χ2v) is 13.5. The molecule has 0 aliphatic carbocycles. The number of fused-ring (bicyclic) bond motifs is 7. The molecule has 1 N–H and O–H groups in total. The fraction of sp³-hybridized carbons (Fsp3) is 0.0222. The second-order valence-electron chi connectivity index (χ2n) is 12.5. The van der Waals surface area contributed by atoms with Crippen LogP contribution >= 0.6 is 11.3 Å². The number of anilines is 2. The first kappa shape index (κ1) is 29.5. The molecule has 0 radical (unpaired) electrons. The number of benzene rings is 7. The highest BCUT2D eigenvalue weighted by Gasteiger charge is 2.19. The summed E-state index contributed by atoms with van der Waals surface area (Å²) in [6.07, 6.45) is 0. The molecule has 0 unspecified atom stereocenters. The number of rotatable bonds is 5. The molecule has 7 aromatic carbocycles. The van der Waals surface area contributed by atoms with Crippen LogP contribution in [0.25, 0.3) is 69.9 Å². The average molecular weight is 657 g/mol. The summed E-state index contributed by atoms with van der Waals surface area (Å²) in [5.74, 6) is 0. The minimum absolute atomic E-state index is 0.548. The van der Waals surface area contributed by atoms with Gasteiger partial charge in [-0.15, -0.1) is 11.3 Å². The standard InChI is InChI=1S/C45H28N4S/c1-28-10-5-6-14-33(28)38-24-29(26-46)18-22-40(38)48-43-31(27-47)11-9-16-34(43)30-19-23-42-39(25-30)37-21-20-36-35-15-7-8-17-41(35)49(44(36)45(37)50-42)32-12-3-2-4-13-32/h2-25,48H,1H3. The fourth-order valence-electron chi connectivity index (χ4n) is 7.27. The number of aromatic nitrogens is 1. The number of nitriles is 2. The highest BCUT2D eigenvalue weighted by atomic mass is 32.1. The van der Waals surface area contributed by atoms with Crippen molar-refractivity contribution in [2.75, 3.05) is 5.32 Å². The molecule has 234 valence electrons. The molecule has 9 rings (SSSR count). The molecule has 0 aliphatic rings. The van der Waals surface area contributed by atoms with Crippen molar-refractivity contribution in [1.82, 2.24) is 4.57 Å². The Bertz CT molecular complexity index is 2880. The van der Waals surface area contributed by atoms with Gasteiger partial charge < -0.3 is 9.88 Å². The lowest BCUT2D eigenvalue weighted by Crippen LogP contribution is -2.00. The minimum Gasteiger partial charge on any atom is -0.353 e. The molecule has 5 heteroatoms. The highest BCUT2D eigenvalue weighted by Crippen LogP contribution is 2.45. The van der Waals surface area contributed by atoms with Gasteiger partial charge in [-0.2, -0.15) is 10.5 Å². The van der Waals surface area contributed by atoms with Gasteiger partial charge in [0.1, 0.15) is 6.07 Å². The number of hydrogen-bond acceptors (Lipinski definition) is 4. The first-order chi connectivity index (χ1) is 24.6. The van der Waals surface area contributed by atoms with Crippen molar-refractivity contribution in [1.29, 1.82) is 10.5 Å². The van der Waals surface area contributed by atoms with Crippen LogP contribution in [0.3, 0.4) is 0 Å². The van der Waals surface area contributed by atoms with Gasteiger partial charge in [-0.25, -0.2) is 0 Å². The maximum absolute atomic E-state index is 10.3. The fourth-order valence-corrected chi connectivity index (χ4v) is 8.49. The van der Waals surface area contributed by atoms with Gasteiger partial charge in [0.25, 0.3) is 0 Å². The Kier molecular flexibility index (Phi) is 6.95. The quantitative estimate of drug-likeness (QED) is 0.200. The molecule has 0 bridgehead atoms. The van der Waals surface area contributed by atoms with Crippen LogP contribution in [0.4, 0.5) is 11.4 Å². The molecule has 0 fully saturated rings. The SMILES string of the molecule is Cc1ccccc1-c1cc(C#N)ccc1Nc1c(C#N)cccc1-c1ccc2sc3c(ccc4c5ccccc5n(-c5ccccc5)c43)c2c1. The molecule has 4 nitrogen and oxygen atoms in total. The van der Waals surface area contributed by atoms with Crippen molar-refractivity contribution in [2.45, 2.75) is 6.92 Å². The zero-order chi connectivity index (χ0) is 33.8. The van der Waals surface area contributed by atoms with Crippen molar-refractivity contribution in [2.24, 2.45) is 0 Å². The third-order valence-corrected chi connectivity index (χ3v) is 10.8. The van der Waals surface area contributed by atoms with Gasteiger partial charge in [-0.1, -0.05) is 91.0 Å². The second kappa shape index (κ2) is 11.8. The van der Waals surface area contributed by atoms with Crippen LogP contribution in [0.15, 0.2) is 146 Å². The molecule has 9 aromatic rings. The van der Waals surface area contributed by atoms with E-state index in [1.807, 2.05) is 53.8 Å². The van der Waals surface area contributed by atoms with Crippen LogP contribution in [0, 0.1) is 29.6 Å². The summed E-state index contributed by atoms with van der Waals surface area (Å²) in [5.41, 5.74) is 11.3. The number of thiophene rings is 1. The molecular formula is C45H28N4S. The summed E-state index contributed by atoms with van der Waals surface area (Å²) in [6.45, 7) is 2.07. The molecular weight excluding hydrogens is 629 g/mol. The van der Waals surface area contributed by atoms with E-state index in [1.165, 1.54) is 42.0 Å². The summed E-state index contributed by atoms with van der Waals surface area (Å²) in [5, 5.41) is 28.6. The monoisotopic (exact) mass is 656 g/mol. The van der Waals surface area contributed by atoms with E-state index in [-0.39, 0.29) is 0 Å². The zero-order valence-corrected chi connectivity index (χ0v) is 27.9. The average Bonchev–Trinajstić information content (AvgIpc) is 3.71. The number of aryl methyl sites for hydroxylation is 1. The van der Waals surface area contributed by atoms with E-state index in [1.54, 1.807) is 0 Å². The first-order valence-electron chi connectivity index (χ1n) is 16.5. The Balaban J connectivity index is 1.24. The van der Waals surface area contributed by atoms with E-state index < -0.39 is 0 Å². The first-order valence-corrected chi connectivity index (χ1v) is 17.3. The van der Waals surface area contributed by atoms with Gasteiger partial charge in [0, 0.05) is 48.7 Å². The largest absolute Gasteiger partial charge is 0.353 e. The van der Waals surface area contributed by atoms with Crippen LogP contribution in [0.2, 0.25) is 0 Å². The molecule has 0 aliphatic heterocycles. The Morgan fingerprint density at radius 2 is 1.38 bits per heavy atom. The molecule has 0 atom stereocenters. The van der Waals surface area contributed by atoms with Gasteiger partial charge in [-0.05, 0) is 78.2 Å². The predicted octanol–water partition coefficient (Wildman–Crippen LogP) is 12.3. The number of para-hydroxylation sites is 3. The van der Waals surface area contributed by atoms with Crippen LogP contribution in [-0.2, 0) is 0 Å². The summed E-state index contributed by atoms with van der Waals surface area (Å²) in [4.78, 5) is 0. The summed E-state index contributed by atoms with van der Waals surface area (Å²) >= 11 is 1.82. The number of nitrogens with zero attached hydrogens (tertiary/aromatic N) is 3. The Morgan fingerprint density at radius 3 is 2.22 bits per heavy atom. The van der Waals surface area contributed by atoms with Gasteiger partial charge >= 0.3 is 0 Å². The third kappa shape index (κ3) is 4.65. The van der Waals surface area contributed by atoms with E-state index in [2.05, 4.69) is 132 Å². The van der Waals surface area contributed by atoms with Crippen molar-refractivity contribution >= 4 is 64.7 Å². The smallest absolute Gasteiger partial charge is 0.101 e. The maximum Gasteiger partial charge on any atom is 0.101 e. The van der Waals surface area contributed by atoms with Crippen LogP contribution in [-0.4, -0.2) is 4.57 Å². The van der Waals surface area contributed by atoms with Crippen molar-refractivity contribution in [3.8, 4) is 40.1 Å². The lowest BCUT2D eigenvalue weighted by molar-refractivity contribution is 1.19. The van der Waals surface area contributed by atoms with Gasteiger partial charge in [-0.3, -0.25) is 0 Å². The third-order valence-electron chi connectivity index (χ3n) is 9.63. The van der Waals surface area contributed by atoms with Crippen LogP contribution in [0.5, 0.6) is 0 Å². The predicted molar refractivity (Wildman–Crippen MR) is 208 cm³/mol. The van der Waals surface area contributed by atoms with Crippen molar-refractivity contribution < 1.29 is 0 Å². The van der Waals surface area contributed by atoms with E-state index in [4.69, 9.17) is 0 Å². The lowest BCUT2D eigenvalue weighted by Gasteiger charge is -2.18. The number of nitrogens with one attached hydrogen (secondary N) is 1. The molecule has 0 spiro atoms. The van der Waals surface area contributed by atoms with E-state index >= 15 is 0 Å². The van der Waals surface area contributed by atoms with Gasteiger partial charge in [0.2, 0.25) is 0 Å². The van der Waals surface area contributed by atoms with Crippen LogP contribution in [0.1, 0.15) is 16.7 Å². The zero-order valence-electron chi connectivity index (χ0n) is 27.1. The highest BCUT2D eigenvalue weighted by molar-refractivity contribution is 7.26. The van der Waals surface area contributed by atoms with E-state index in [0.717, 1.165) is 44.9 Å². The van der Waals surface area contributed by atoms with Gasteiger partial charge in [0.05, 0.1) is 38.6 Å². The van der Waals surface area contributed by atoms with Crippen LogP contribution < -0.4 is 5.32 Å². The topological polar surface area (TPSA) is 64.5 Å². The Hall–Kier alpha value is -6.66. The number of hydrogen-bond donors (Lipinski definition) is 1. The lowest BCUT2D eigenvalue weighted by atomic mass is 9.95. The molecule has 2 heterocycles. The van der Waals surface area contributed by atoms with Gasteiger partial charge in [0.15, 0.2) is 0 Å². The maximum atomic E-state index is 10.3. The molecule has 0 amide bonds. The molecule has 50 heavy (non-hydrogen) atoms. The minimum atomic E-state index is 0.548. The molecule has 0 saturated heterocycles. The Morgan fingerprint density at radius 1 is 0.600 bits per heavy atom. The molecule has 2 aromatic heterocycles. The summed E-state index contributed by atoms with van der Waals surface area (Å²) < 4.78 is 4.85.